The average Bonchev–Trinajstić information content (AvgIpc) is 2.85. The molecular formula is C14H12Cl2N2O2S. The van der Waals surface area contributed by atoms with Gasteiger partial charge < -0.3 is 5.73 Å². The minimum absolute atomic E-state index is 0.118. The number of sulfonamides is 1. The van der Waals surface area contributed by atoms with Gasteiger partial charge in [-0.1, -0.05) is 29.3 Å². The fourth-order valence-corrected chi connectivity index (χ4v) is 4.27. The average molecular weight is 343 g/mol. The molecule has 0 bridgehead atoms. The summed E-state index contributed by atoms with van der Waals surface area (Å²) < 4.78 is 26.9. The zero-order valence-electron chi connectivity index (χ0n) is 10.9. The van der Waals surface area contributed by atoms with Gasteiger partial charge in [-0.3, -0.25) is 4.31 Å². The molecule has 0 spiro atoms. The van der Waals surface area contributed by atoms with Crippen LogP contribution in [0.4, 0.5) is 11.4 Å². The summed E-state index contributed by atoms with van der Waals surface area (Å²) in [5.74, 6) is 0. The number of hydrogen-bond acceptors (Lipinski definition) is 3. The molecule has 2 aromatic rings. The molecule has 3 rings (SSSR count). The normalized spacial score (nSPS) is 14.3. The highest BCUT2D eigenvalue weighted by Crippen LogP contribution is 2.35. The van der Waals surface area contributed by atoms with Crippen molar-refractivity contribution in [3.63, 3.8) is 0 Å². The molecule has 0 saturated heterocycles. The van der Waals surface area contributed by atoms with E-state index in [1.807, 2.05) is 6.07 Å². The molecule has 2 N–H and O–H groups in total. The maximum Gasteiger partial charge on any atom is 0.264 e. The molecule has 1 heterocycles. The van der Waals surface area contributed by atoms with Gasteiger partial charge in [0.1, 0.15) is 0 Å². The summed E-state index contributed by atoms with van der Waals surface area (Å²) in [6.45, 7) is 0.390. The van der Waals surface area contributed by atoms with Crippen LogP contribution in [0, 0.1) is 0 Å². The van der Waals surface area contributed by atoms with E-state index in [1.54, 1.807) is 12.1 Å². The van der Waals surface area contributed by atoms with Crippen LogP contribution in [0.1, 0.15) is 5.56 Å². The number of benzene rings is 2. The third-order valence-corrected chi connectivity index (χ3v) is 5.99. The lowest BCUT2D eigenvalue weighted by molar-refractivity contribution is 0.592. The molecule has 7 heteroatoms. The Kier molecular flexibility index (Phi) is 3.51. The van der Waals surface area contributed by atoms with Crippen molar-refractivity contribution >= 4 is 44.6 Å². The van der Waals surface area contributed by atoms with Gasteiger partial charge in [0, 0.05) is 12.2 Å². The van der Waals surface area contributed by atoms with Crippen LogP contribution in [0.2, 0.25) is 10.0 Å². The Balaban J connectivity index is 2.09. The standard InChI is InChI=1S/C14H12Cl2N2O2S/c15-12-4-3-11(8-13(12)16)21(19,20)18-6-5-9-1-2-10(17)7-14(9)18/h1-4,7-8H,5-6,17H2. The summed E-state index contributed by atoms with van der Waals surface area (Å²) in [4.78, 5) is 0.118. The van der Waals surface area contributed by atoms with Gasteiger partial charge in [0.2, 0.25) is 0 Å². The molecule has 0 atom stereocenters. The molecule has 1 aliphatic heterocycles. The van der Waals surface area contributed by atoms with Crippen LogP contribution in [-0.4, -0.2) is 15.0 Å². The molecule has 0 aromatic heterocycles. The van der Waals surface area contributed by atoms with Crippen molar-refractivity contribution in [3.8, 4) is 0 Å². The number of nitrogens with zero attached hydrogens (tertiary/aromatic N) is 1. The Morgan fingerprint density at radius 1 is 1.05 bits per heavy atom. The predicted octanol–water partition coefficient (Wildman–Crippen LogP) is 3.33. The van der Waals surface area contributed by atoms with Crippen LogP contribution in [0.3, 0.4) is 0 Å². The summed E-state index contributed by atoms with van der Waals surface area (Å²) in [6.07, 6.45) is 0.663. The van der Waals surface area contributed by atoms with Crippen molar-refractivity contribution in [2.75, 3.05) is 16.6 Å². The molecule has 0 amide bonds. The number of halogens is 2. The Morgan fingerprint density at radius 2 is 1.81 bits per heavy atom. The highest BCUT2D eigenvalue weighted by molar-refractivity contribution is 7.92. The quantitative estimate of drug-likeness (QED) is 0.851. The fourth-order valence-electron chi connectivity index (χ4n) is 2.38. The van der Waals surface area contributed by atoms with E-state index >= 15 is 0 Å². The van der Waals surface area contributed by atoms with E-state index in [-0.39, 0.29) is 9.92 Å². The van der Waals surface area contributed by atoms with Gasteiger partial charge in [0.05, 0.1) is 20.6 Å². The number of nitrogens with two attached hydrogens (primary N) is 1. The van der Waals surface area contributed by atoms with Crippen LogP contribution in [0.5, 0.6) is 0 Å². The van der Waals surface area contributed by atoms with Gasteiger partial charge in [-0.25, -0.2) is 8.42 Å². The van der Waals surface area contributed by atoms with E-state index < -0.39 is 10.0 Å². The van der Waals surface area contributed by atoms with Crippen molar-refractivity contribution in [2.45, 2.75) is 11.3 Å². The molecule has 0 saturated carbocycles. The number of fused-ring (bicyclic) bond motifs is 1. The molecule has 21 heavy (non-hydrogen) atoms. The lowest BCUT2D eigenvalue weighted by atomic mass is 10.1. The first-order chi connectivity index (χ1) is 9.89. The van der Waals surface area contributed by atoms with E-state index in [4.69, 9.17) is 28.9 Å². The molecule has 0 radical (unpaired) electrons. The van der Waals surface area contributed by atoms with Gasteiger partial charge >= 0.3 is 0 Å². The second kappa shape index (κ2) is 5.09. The second-order valence-corrected chi connectivity index (χ2v) is 7.47. The maximum atomic E-state index is 12.8. The molecule has 1 aliphatic rings. The molecule has 0 unspecified atom stereocenters. The highest BCUT2D eigenvalue weighted by atomic mass is 35.5. The SMILES string of the molecule is Nc1ccc2c(c1)N(S(=O)(=O)c1ccc(Cl)c(Cl)c1)CC2. The molecule has 4 nitrogen and oxygen atoms in total. The van der Waals surface area contributed by atoms with Crippen molar-refractivity contribution in [3.05, 3.63) is 52.0 Å². The lowest BCUT2D eigenvalue weighted by Gasteiger charge is -2.20. The fraction of sp³-hybridized carbons (Fsp3) is 0.143. The first kappa shape index (κ1) is 14.5. The number of nitrogen functional groups attached to an aromatic ring is 1. The van der Waals surface area contributed by atoms with Crippen LogP contribution < -0.4 is 10.0 Å². The Labute approximate surface area is 133 Å². The number of hydrogen-bond donors (Lipinski definition) is 1. The Hall–Kier alpha value is -1.43. The summed E-state index contributed by atoms with van der Waals surface area (Å²) in [5.41, 5.74) is 7.88. The highest BCUT2D eigenvalue weighted by Gasteiger charge is 2.31. The number of anilines is 2. The third kappa shape index (κ3) is 2.46. The van der Waals surface area contributed by atoms with Crippen molar-refractivity contribution in [1.29, 1.82) is 0 Å². The largest absolute Gasteiger partial charge is 0.399 e. The van der Waals surface area contributed by atoms with Crippen LogP contribution in [0.25, 0.3) is 0 Å². The first-order valence-corrected chi connectivity index (χ1v) is 8.45. The number of rotatable bonds is 2. The Morgan fingerprint density at radius 3 is 2.52 bits per heavy atom. The summed E-state index contributed by atoms with van der Waals surface area (Å²) in [6, 6.07) is 9.60. The van der Waals surface area contributed by atoms with Gasteiger partial charge in [0.25, 0.3) is 10.0 Å². The molecule has 0 fully saturated rings. The van der Waals surface area contributed by atoms with E-state index in [2.05, 4.69) is 0 Å². The van der Waals surface area contributed by atoms with E-state index in [1.165, 1.54) is 22.5 Å². The predicted molar refractivity (Wildman–Crippen MR) is 85.6 cm³/mol. The van der Waals surface area contributed by atoms with E-state index in [0.717, 1.165) is 5.56 Å². The van der Waals surface area contributed by atoms with Gasteiger partial charge in [-0.05, 0) is 42.3 Å². The summed E-state index contributed by atoms with van der Waals surface area (Å²) in [7, 11) is -3.67. The summed E-state index contributed by atoms with van der Waals surface area (Å²) in [5, 5.41) is 0.534. The first-order valence-electron chi connectivity index (χ1n) is 6.26. The molecule has 2 aromatic carbocycles. The van der Waals surface area contributed by atoms with Gasteiger partial charge in [0.15, 0.2) is 0 Å². The van der Waals surface area contributed by atoms with Crippen LogP contribution in [0.15, 0.2) is 41.3 Å². The minimum atomic E-state index is -3.67. The van der Waals surface area contributed by atoms with Crippen LogP contribution >= 0.6 is 23.2 Å². The Bertz CT molecular complexity index is 822. The lowest BCUT2D eigenvalue weighted by Crippen LogP contribution is -2.29. The van der Waals surface area contributed by atoms with Gasteiger partial charge in [-0.15, -0.1) is 0 Å². The monoisotopic (exact) mass is 342 g/mol. The van der Waals surface area contributed by atoms with Crippen molar-refractivity contribution in [1.82, 2.24) is 0 Å². The maximum absolute atomic E-state index is 12.8. The van der Waals surface area contributed by atoms with Crippen molar-refractivity contribution in [2.24, 2.45) is 0 Å². The smallest absolute Gasteiger partial charge is 0.264 e. The molecular weight excluding hydrogens is 331 g/mol. The second-order valence-electron chi connectivity index (χ2n) is 4.79. The van der Waals surface area contributed by atoms with Crippen LogP contribution in [-0.2, 0) is 16.4 Å². The van der Waals surface area contributed by atoms with Gasteiger partial charge in [-0.2, -0.15) is 0 Å². The van der Waals surface area contributed by atoms with E-state index in [0.29, 0.717) is 29.4 Å². The summed E-state index contributed by atoms with van der Waals surface area (Å²) >= 11 is 11.8. The zero-order chi connectivity index (χ0) is 15.2. The minimum Gasteiger partial charge on any atom is -0.399 e. The molecule has 0 aliphatic carbocycles. The van der Waals surface area contributed by atoms with Crippen molar-refractivity contribution < 1.29 is 8.42 Å². The topological polar surface area (TPSA) is 63.4 Å². The third-order valence-electron chi connectivity index (χ3n) is 3.44. The zero-order valence-corrected chi connectivity index (χ0v) is 13.2. The molecule has 110 valence electrons. The van der Waals surface area contributed by atoms with E-state index in [9.17, 15) is 8.42 Å².